The number of benzene rings is 1. The maximum atomic E-state index is 13.2. The third kappa shape index (κ3) is 5.62. The number of aryl methyl sites for hydroxylation is 1. The van der Waals surface area contributed by atoms with Gasteiger partial charge in [0.2, 0.25) is 10.0 Å². The van der Waals surface area contributed by atoms with Crippen molar-refractivity contribution in [2.24, 2.45) is 0 Å². The highest BCUT2D eigenvalue weighted by atomic mass is 32.2. The maximum Gasteiger partial charge on any atom is 0.276 e. The molecule has 0 unspecified atom stereocenters. The van der Waals surface area contributed by atoms with Crippen molar-refractivity contribution in [3.8, 4) is 0 Å². The van der Waals surface area contributed by atoms with Crippen LogP contribution in [0, 0.1) is 0 Å². The van der Waals surface area contributed by atoms with Crippen molar-refractivity contribution in [3.05, 3.63) is 46.4 Å². The van der Waals surface area contributed by atoms with Gasteiger partial charge in [-0.15, -0.1) is 0 Å². The van der Waals surface area contributed by atoms with E-state index in [1.165, 1.54) is 27.2 Å². The number of sulfonamides is 1. The molecule has 0 aliphatic carbocycles. The zero-order valence-corrected chi connectivity index (χ0v) is 20.4. The smallest absolute Gasteiger partial charge is 0.276 e. The van der Waals surface area contributed by atoms with E-state index in [0.717, 1.165) is 24.9 Å². The van der Waals surface area contributed by atoms with Gasteiger partial charge < -0.3 is 10.2 Å². The van der Waals surface area contributed by atoms with Crippen LogP contribution >= 0.6 is 0 Å². The number of carbonyl (C=O) groups excluding carboxylic acids is 1. The van der Waals surface area contributed by atoms with E-state index in [4.69, 9.17) is 0 Å². The van der Waals surface area contributed by atoms with Gasteiger partial charge >= 0.3 is 0 Å². The Morgan fingerprint density at radius 3 is 2.39 bits per heavy atom. The molecule has 0 radical (unpaired) electrons. The molecule has 3 rings (SSSR count). The predicted octanol–water partition coefficient (Wildman–Crippen LogP) is 2.93. The molecule has 1 amide bonds. The molecule has 0 spiro atoms. The van der Waals surface area contributed by atoms with Crippen LogP contribution in [-0.2, 0) is 16.6 Å². The van der Waals surface area contributed by atoms with Gasteiger partial charge in [0.1, 0.15) is 5.69 Å². The summed E-state index contributed by atoms with van der Waals surface area (Å²) in [7, 11) is -3.66. The number of nitrogens with zero attached hydrogens (tertiary/aromatic N) is 4. The molecule has 2 aromatic rings. The van der Waals surface area contributed by atoms with Crippen molar-refractivity contribution >= 4 is 27.3 Å². The van der Waals surface area contributed by atoms with Crippen LogP contribution in [0.3, 0.4) is 0 Å². The van der Waals surface area contributed by atoms with E-state index in [-0.39, 0.29) is 16.1 Å². The molecule has 0 atom stereocenters. The minimum Gasteiger partial charge on any atom is -0.370 e. The van der Waals surface area contributed by atoms with Crippen LogP contribution in [0.15, 0.2) is 40.0 Å². The molecule has 1 aliphatic rings. The van der Waals surface area contributed by atoms with Crippen LogP contribution in [0.1, 0.15) is 56.9 Å². The largest absolute Gasteiger partial charge is 0.370 e. The maximum absolute atomic E-state index is 13.2. The van der Waals surface area contributed by atoms with Gasteiger partial charge in [-0.2, -0.15) is 9.40 Å². The molecule has 1 aromatic carbocycles. The van der Waals surface area contributed by atoms with Crippen LogP contribution in [-0.4, -0.2) is 54.6 Å². The van der Waals surface area contributed by atoms with E-state index in [0.29, 0.717) is 44.8 Å². The average molecular weight is 476 g/mol. The summed E-state index contributed by atoms with van der Waals surface area (Å²) in [6.45, 7) is 8.72. The van der Waals surface area contributed by atoms with Gasteiger partial charge in [-0.25, -0.2) is 13.1 Å². The Hall–Kier alpha value is -2.72. The molecule has 1 aromatic heterocycles. The van der Waals surface area contributed by atoms with Crippen molar-refractivity contribution in [1.82, 2.24) is 14.1 Å². The van der Waals surface area contributed by atoms with E-state index in [9.17, 15) is 18.0 Å². The Morgan fingerprint density at radius 2 is 1.76 bits per heavy atom. The average Bonchev–Trinajstić information content (AvgIpc) is 2.82. The van der Waals surface area contributed by atoms with Crippen molar-refractivity contribution in [1.29, 1.82) is 0 Å². The van der Waals surface area contributed by atoms with Crippen LogP contribution < -0.4 is 15.8 Å². The number of hydrogen-bond acceptors (Lipinski definition) is 6. The standard InChI is InChI=1S/C23H33N5O4S/c1-4-14-28-22(29)13-11-19(25-28)23(30)24-20-17-18(10-12-21(20)26(5-2)6-3)33(31,32)27-15-8-7-9-16-27/h10-13,17H,4-9,14-16H2,1-3H3,(H,24,30). The molecule has 1 aliphatic heterocycles. The molecule has 2 heterocycles. The molecule has 33 heavy (non-hydrogen) atoms. The molecule has 9 nitrogen and oxygen atoms in total. The summed E-state index contributed by atoms with van der Waals surface area (Å²) >= 11 is 0. The number of piperidine rings is 1. The fourth-order valence-electron chi connectivity index (χ4n) is 4.00. The lowest BCUT2D eigenvalue weighted by Gasteiger charge is -2.28. The highest BCUT2D eigenvalue weighted by Crippen LogP contribution is 2.31. The summed E-state index contributed by atoms with van der Waals surface area (Å²) in [6, 6.07) is 7.57. The first-order chi connectivity index (χ1) is 15.8. The lowest BCUT2D eigenvalue weighted by molar-refractivity contribution is 0.101. The van der Waals surface area contributed by atoms with Gasteiger partial charge in [0.15, 0.2) is 0 Å². The Kier molecular flexibility index (Phi) is 8.25. The number of amides is 1. The van der Waals surface area contributed by atoms with E-state index in [1.807, 2.05) is 25.7 Å². The zero-order valence-electron chi connectivity index (χ0n) is 19.6. The van der Waals surface area contributed by atoms with Gasteiger partial charge in [-0.05, 0) is 57.4 Å². The highest BCUT2D eigenvalue weighted by molar-refractivity contribution is 7.89. The minimum atomic E-state index is -3.66. The second kappa shape index (κ2) is 10.9. The number of hydrogen-bond donors (Lipinski definition) is 1. The molecule has 1 N–H and O–H groups in total. The summed E-state index contributed by atoms with van der Waals surface area (Å²) in [5, 5.41) is 7.01. The van der Waals surface area contributed by atoms with Crippen molar-refractivity contribution < 1.29 is 13.2 Å². The Labute approximate surface area is 195 Å². The van der Waals surface area contributed by atoms with Gasteiger partial charge in [0.25, 0.3) is 11.5 Å². The predicted molar refractivity (Wildman–Crippen MR) is 129 cm³/mol. The lowest BCUT2D eigenvalue weighted by Crippen LogP contribution is -2.35. The number of nitrogens with one attached hydrogen (secondary N) is 1. The quantitative estimate of drug-likeness (QED) is 0.598. The third-order valence-electron chi connectivity index (χ3n) is 5.81. The Bertz CT molecular complexity index is 1140. The van der Waals surface area contributed by atoms with Gasteiger partial charge in [0, 0.05) is 38.8 Å². The number of carbonyl (C=O) groups is 1. The lowest BCUT2D eigenvalue weighted by atomic mass is 10.2. The highest BCUT2D eigenvalue weighted by Gasteiger charge is 2.27. The van der Waals surface area contributed by atoms with Gasteiger partial charge in [0.05, 0.1) is 16.3 Å². The van der Waals surface area contributed by atoms with E-state index < -0.39 is 15.9 Å². The monoisotopic (exact) mass is 475 g/mol. The summed E-state index contributed by atoms with van der Waals surface area (Å²) < 4.78 is 29.2. The van der Waals surface area contributed by atoms with Crippen molar-refractivity contribution in [2.45, 2.75) is 57.9 Å². The summed E-state index contributed by atoms with van der Waals surface area (Å²) in [4.78, 5) is 27.2. The normalized spacial score (nSPS) is 14.8. The molecule has 0 bridgehead atoms. The van der Waals surface area contributed by atoms with Crippen LogP contribution in [0.4, 0.5) is 11.4 Å². The molecule has 180 valence electrons. The van der Waals surface area contributed by atoms with Crippen molar-refractivity contribution in [3.63, 3.8) is 0 Å². The van der Waals surface area contributed by atoms with E-state index in [2.05, 4.69) is 10.4 Å². The van der Waals surface area contributed by atoms with Gasteiger partial charge in [-0.1, -0.05) is 13.3 Å². The third-order valence-corrected chi connectivity index (χ3v) is 7.70. The van der Waals surface area contributed by atoms with Crippen LogP contribution in [0.2, 0.25) is 0 Å². The number of anilines is 2. The Balaban J connectivity index is 1.99. The first kappa shape index (κ1) is 24.9. The first-order valence-corrected chi connectivity index (χ1v) is 13.0. The summed E-state index contributed by atoms with van der Waals surface area (Å²) in [6.07, 6.45) is 3.43. The SMILES string of the molecule is CCCn1nc(C(=O)Nc2cc(S(=O)(=O)N3CCCCC3)ccc2N(CC)CC)ccc1=O. The molecule has 1 saturated heterocycles. The van der Waals surface area contributed by atoms with Crippen LogP contribution in [0.5, 0.6) is 0 Å². The second-order valence-electron chi connectivity index (χ2n) is 8.05. The number of rotatable bonds is 9. The topological polar surface area (TPSA) is 105 Å². The molecular formula is C23H33N5O4S. The fourth-order valence-corrected chi connectivity index (χ4v) is 5.54. The second-order valence-corrected chi connectivity index (χ2v) is 9.99. The van der Waals surface area contributed by atoms with E-state index in [1.54, 1.807) is 12.1 Å². The molecule has 1 fully saturated rings. The first-order valence-electron chi connectivity index (χ1n) is 11.6. The Morgan fingerprint density at radius 1 is 1.06 bits per heavy atom. The fraction of sp³-hybridized carbons (Fsp3) is 0.522. The molecule has 0 saturated carbocycles. The minimum absolute atomic E-state index is 0.0952. The number of aromatic nitrogens is 2. The van der Waals surface area contributed by atoms with Gasteiger partial charge in [-0.3, -0.25) is 9.59 Å². The summed E-state index contributed by atoms with van der Waals surface area (Å²) in [5.74, 6) is -0.499. The molecule has 10 heteroatoms. The van der Waals surface area contributed by atoms with Crippen molar-refractivity contribution in [2.75, 3.05) is 36.4 Å². The summed E-state index contributed by atoms with van der Waals surface area (Å²) in [5.41, 5.74) is 0.953. The molecular weight excluding hydrogens is 442 g/mol. The van der Waals surface area contributed by atoms with Crippen LogP contribution in [0.25, 0.3) is 0 Å². The zero-order chi connectivity index (χ0) is 24.0. The van der Waals surface area contributed by atoms with E-state index >= 15 is 0 Å².